The average Bonchev–Trinajstić information content (AvgIpc) is 2.69. The molecule has 1 saturated heterocycles. The minimum Gasteiger partial charge on any atom is -0.382 e. The van der Waals surface area contributed by atoms with Crippen molar-refractivity contribution in [1.29, 1.82) is 1.34 Å². The summed E-state index contributed by atoms with van der Waals surface area (Å²) in [5, 5.41) is 0. The highest BCUT2D eigenvalue weighted by atomic mass is 31.3. The molecule has 4 N–H and O–H groups in total. The monoisotopic (exact) mass is 354 g/mol. The van der Waals surface area contributed by atoms with Gasteiger partial charge < -0.3 is 24.3 Å². The lowest BCUT2D eigenvalue weighted by molar-refractivity contribution is 0.0400. The smallest absolute Gasteiger partial charge is 0.382 e. The van der Waals surface area contributed by atoms with Gasteiger partial charge in [0.15, 0.2) is 0 Å². The number of phosphoric acid groups is 3. The summed E-state index contributed by atoms with van der Waals surface area (Å²) in [7, 11) is -14.9. The van der Waals surface area contributed by atoms with Crippen LogP contribution in [0.1, 0.15) is 12.8 Å². The second-order valence-corrected chi connectivity index (χ2v) is 8.18. The van der Waals surface area contributed by atoms with Crippen molar-refractivity contribution in [3.05, 3.63) is 0 Å². The van der Waals surface area contributed by atoms with Crippen LogP contribution in [-0.4, -0.2) is 47.4 Å². The lowest BCUT2D eigenvalue weighted by atomic mass is 9.97. The second kappa shape index (κ2) is 6.68. The molecular weight excluding hydrogens is 340 g/mol. The van der Waals surface area contributed by atoms with Gasteiger partial charge in [-0.1, -0.05) is 0 Å². The van der Waals surface area contributed by atoms with Crippen molar-refractivity contribution in [1.82, 2.24) is 0 Å². The fourth-order valence-corrected chi connectivity index (χ4v) is 4.39. The average molecular weight is 354 g/mol. The maximum Gasteiger partial charge on any atom is 0.490 e. The van der Waals surface area contributed by atoms with Gasteiger partial charge in [0.05, 0.1) is 12.7 Å². The van der Waals surface area contributed by atoms with E-state index in [0.29, 0.717) is 12.8 Å². The Morgan fingerprint density at radius 2 is 1.80 bits per heavy atom. The van der Waals surface area contributed by atoms with Gasteiger partial charge in [-0.3, -0.25) is 4.52 Å². The number of hydrogen-bond donors (Lipinski definition) is 4. The number of phosphoric ester groups is 1. The predicted molar refractivity (Wildman–Crippen MR) is 64.9 cm³/mol. The van der Waals surface area contributed by atoms with Gasteiger partial charge in [0.1, 0.15) is 7.81 Å². The van der Waals surface area contributed by atoms with Crippen LogP contribution in [0.5, 0.6) is 0 Å². The first-order valence-electron chi connectivity index (χ1n) is 5.66. The standard InChI is InChI=1S/C5H13BO11P3/c6-5-2-1-4(15-5)3-14-19(10,11)17-20(12,13)16-18(7,8)9/h4-6H,1-3H2,(H,10,11)(H,12,13)(H2,7,8,9)/i6D. The molecule has 117 valence electrons. The Hall–Kier alpha value is 0.435. The molecule has 1 radical (unpaired) electrons. The molecule has 1 aliphatic rings. The van der Waals surface area contributed by atoms with Gasteiger partial charge in [0, 0.05) is 6.00 Å². The molecule has 0 aliphatic carbocycles. The summed E-state index contributed by atoms with van der Waals surface area (Å²) in [4.78, 5) is 34.7. The van der Waals surface area contributed by atoms with E-state index in [0.717, 1.165) is 7.81 Å². The molecule has 0 aromatic heterocycles. The van der Waals surface area contributed by atoms with E-state index >= 15 is 0 Å². The Labute approximate surface area is 116 Å². The zero-order valence-electron chi connectivity index (χ0n) is 10.8. The van der Waals surface area contributed by atoms with Crippen molar-refractivity contribution < 1.29 is 51.2 Å². The largest absolute Gasteiger partial charge is 0.490 e. The zero-order valence-corrected chi connectivity index (χ0v) is 12.5. The van der Waals surface area contributed by atoms with Crippen LogP contribution in [0.25, 0.3) is 0 Å². The summed E-state index contributed by atoms with van der Waals surface area (Å²) in [5.74, 6) is 0. The highest BCUT2D eigenvalue weighted by molar-refractivity contribution is 7.66. The van der Waals surface area contributed by atoms with E-state index in [4.69, 9.17) is 20.8 Å². The molecule has 4 atom stereocenters. The van der Waals surface area contributed by atoms with Gasteiger partial charge >= 0.3 is 23.5 Å². The Morgan fingerprint density at radius 1 is 1.15 bits per heavy atom. The van der Waals surface area contributed by atoms with Crippen molar-refractivity contribution in [2.45, 2.75) is 24.9 Å². The molecule has 1 fully saturated rings. The zero-order chi connectivity index (χ0) is 16.3. The van der Waals surface area contributed by atoms with E-state index in [1.165, 1.54) is 0 Å². The molecule has 1 rings (SSSR count). The van der Waals surface area contributed by atoms with Crippen LogP contribution in [-0.2, 0) is 31.6 Å². The van der Waals surface area contributed by atoms with Crippen molar-refractivity contribution in [3.63, 3.8) is 0 Å². The van der Waals surface area contributed by atoms with Crippen LogP contribution in [0, 0.1) is 0 Å². The molecule has 0 amide bonds. The molecule has 20 heavy (non-hydrogen) atoms. The number of ether oxygens (including phenoxy) is 1. The lowest BCUT2D eigenvalue weighted by Crippen LogP contribution is -2.16. The minimum absolute atomic E-state index is 0.426. The summed E-state index contributed by atoms with van der Waals surface area (Å²) in [6.45, 7) is -0.478. The van der Waals surface area contributed by atoms with Crippen LogP contribution in [0.4, 0.5) is 0 Å². The third-order valence-electron chi connectivity index (χ3n) is 1.98. The van der Waals surface area contributed by atoms with Crippen LogP contribution in [0.2, 0.25) is 0 Å². The summed E-state index contributed by atoms with van der Waals surface area (Å²) in [5.41, 5.74) is 0. The first-order valence-corrected chi connectivity index (χ1v) is 9.60. The van der Waals surface area contributed by atoms with Gasteiger partial charge in [-0.05, 0) is 14.2 Å². The minimum atomic E-state index is -5.49. The SMILES string of the molecule is [2H][B]C1CCC(COP(=O)(O)OP(=O)(O)OP(=O)(O)O)O1. The lowest BCUT2D eigenvalue weighted by Gasteiger charge is -2.17. The fraction of sp³-hybridized carbons (Fsp3) is 1.00. The molecule has 1 heterocycles. The fourth-order valence-electron chi connectivity index (χ4n) is 1.34. The molecular formula is C5H13BO11P3. The first-order chi connectivity index (χ1) is 9.42. The predicted octanol–water partition coefficient (Wildman–Crippen LogP) is -0.264. The van der Waals surface area contributed by atoms with Crippen LogP contribution in [0.3, 0.4) is 0 Å². The quantitative estimate of drug-likeness (QED) is 0.334. The first kappa shape index (κ1) is 16.8. The maximum absolute atomic E-state index is 11.4. The normalized spacial score (nSPS) is 30.3. The molecule has 11 nitrogen and oxygen atoms in total. The van der Waals surface area contributed by atoms with Gasteiger partial charge in [-0.2, -0.15) is 8.62 Å². The Kier molecular flexibility index (Phi) is 5.61. The van der Waals surface area contributed by atoms with E-state index in [-0.39, 0.29) is 0 Å². The Morgan fingerprint density at radius 3 is 2.30 bits per heavy atom. The molecule has 0 aromatic rings. The molecule has 0 saturated carbocycles. The van der Waals surface area contributed by atoms with Crippen molar-refractivity contribution >= 4 is 31.3 Å². The van der Waals surface area contributed by atoms with Crippen LogP contribution in [0.15, 0.2) is 0 Å². The number of hydrogen-bond acceptors (Lipinski definition) is 7. The third kappa shape index (κ3) is 7.45. The number of rotatable bonds is 8. The van der Waals surface area contributed by atoms with E-state index in [9.17, 15) is 18.6 Å². The van der Waals surface area contributed by atoms with E-state index in [1.807, 2.05) is 0 Å². The van der Waals surface area contributed by atoms with Gasteiger partial charge in [0.25, 0.3) is 0 Å². The van der Waals surface area contributed by atoms with Crippen LogP contribution >= 0.6 is 23.5 Å². The Bertz CT molecular complexity index is 494. The van der Waals surface area contributed by atoms with E-state index in [1.54, 1.807) is 0 Å². The van der Waals surface area contributed by atoms with E-state index < -0.39 is 42.2 Å². The molecule has 4 unspecified atom stereocenters. The molecule has 1 aliphatic heterocycles. The van der Waals surface area contributed by atoms with Crippen molar-refractivity contribution in [2.24, 2.45) is 0 Å². The molecule has 0 aromatic carbocycles. The Balaban J connectivity index is 2.48. The molecule has 0 spiro atoms. The van der Waals surface area contributed by atoms with Gasteiger partial charge in [-0.15, -0.1) is 0 Å². The maximum atomic E-state index is 11.4. The second-order valence-electron chi connectivity index (χ2n) is 3.76. The van der Waals surface area contributed by atoms with Crippen molar-refractivity contribution in [3.8, 4) is 0 Å². The third-order valence-corrected chi connectivity index (χ3v) is 5.78. The molecule has 0 bridgehead atoms. The van der Waals surface area contributed by atoms with Gasteiger partial charge in [-0.25, -0.2) is 13.7 Å². The molecule has 15 heteroatoms. The summed E-state index contributed by atoms with van der Waals surface area (Å²) in [6.07, 6.45) is 0.311. The summed E-state index contributed by atoms with van der Waals surface area (Å²) in [6, 6.07) is -0.445. The van der Waals surface area contributed by atoms with Crippen LogP contribution < -0.4 is 0 Å². The highest BCUT2D eigenvalue weighted by Crippen LogP contribution is 2.66. The summed E-state index contributed by atoms with van der Waals surface area (Å²) >= 11 is 0. The highest BCUT2D eigenvalue weighted by Gasteiger charge is 2.41. The van der Waals surface area contributed by atoms with Gasteiger partial charge in [0.2, 0.25) is 0 Å². The topological polar surface area (TPSA) is 169 Å². The van der Waals surface area contributed by atoms with E-state index in [2.05, 4.69) is 13.1 Å². The summed E-state index contributed by atoms with van der Waals surface area (Å²) < 4.78 is 56.4. The van der Waals surface area contributed by atoms with Crippen molar-refractivity contribution in [2.75, 3.05) is 6.61 Å².